The number of morpholine rings is 1. The lowest BCUT2D eigenvalue weighted by Crippen LogP contribution is -2.56. The predicted octanol–water partition coefficient (Wildman–Crippen LogP) is 2.47. The first-order chi connectivity index (χ1) is 18.1. The lowest BCUT2D eigenvalue weighted by atomic mass is 10.0. The Morgan fingerprint density at radius 1 is 1.11 bits per heavy atom. The number of amides is 2. The number of nitrogens with zero attached hydrogens (tertiary/aromatic N) is 5. The lowest BCUT2D eigenvalue weighted by Gasteiger charge is -2.39. The number of ether oxygens (including phenoxy) is 1. The van der Waals surface area contributed by atoms with Crippen molar-refractivity contribution in [3.63, 3.8) is 0 Å². The van der Waals surface area contributed by atoms with Crippen LogP contribution in [0.15, 0.2) is 46.9 Å². The molecule has 1 unspecified atom stereocenters. The van der Waals surface area contributed by atoms with Crippen molar-refractivity contribution in [2.75, 3.05) is 36.1 Å². The van der Waals surface area contributed by atoms with Crippen LogP contribution in [-0.2, 0) is 19.4 Å². The van der Waals surface area contributed by atoms with Crippen LogP contribution in [0.3, 0.4) is 0 Å². The third kappa shape index (κ3) is 5.54. The number of anilines is 2. The van der Waals surface area contributed by atoms with Gasteiger partial charge in [0.2, 0.25) is 5.91 Å². The number of aromatic nitrogens is 3. The summed E-state index contributed by atoms with van der Waals surface area (Å²) in [6.45, 7) is 5.98. The van der Waals surface area contributed by atoms with Gasteiger partial charge in [0.25, 0.3) is 5.91 Å². The summed E-state index contributed by atoms with van der Waals surface area (Å²) in [7, 11) is -3.51. The van der Waals surface area contributed by atoms with E-state index in [4.69, 9.17) is 9.72 Å². The van der Waals surface area contributed by atoms with E-state index in [-0.39, 0.29) is 28.6 Å². The van der Waals surface area contributed by atoms with E-state index < -0.39 is 21.8 Å². The molecule has 5 rings (SSSR count). The Bertz CT molecular complexity index is 1470. The van der Waals surface area contributed by atoms with Crippen molar-refractivity contribution in [2.24, 2.45) is 0 Å². The van der Waals surface area contributed by atoms with Gasteiger partial charge in [-0.2, -0.15) is 0 Å². The average molecular weight is 557 g/mol. The second-order valence-corrected chi connectivity index (χ2v) is 12.4. The Hall–Kier alpha value is -3.42. The number of pyridine rings is 2. The zero-order valence-corrected chi connectivity index (χ0v) is 22.8. The minimum atomic E-state index is -3.51. The van der Waals surface area contributed by atoms with Gasteiger partial charge in [0.1, 0.15) is 17.6 Å². The number of carbonyl (C=O) groups excluding carboxylic acids is 2. The fourth-order valence-electron chi connectivity index (χ4n) is 4.55. The molecule has 2 fully saturated rings. The van der Waals surface area contributed by atoms with Gasteiger partial charge < -0.3 is 19.9 Å². The molecule has 5 heterocycles. The van der Waals surface area contributed by atoms with Gasteiger partial charge in [0.15, 0.2) is 15.0 Å². The topological polar surface area (TPSA) is 135 Å². The monoisotopic (exact) mass is 556 g/mol. The van der Waals surface area contributed by atoms with Crippen molar-refractivity contribution in [3.05, 3.63) is 47.6 Å². The molecule has 2 saturated heterocycles. The summed E-state index contributed by atoms with van der Waals surface area (Å²) >= 11 is 1.28. The number of thiazole rings is 1. The largest absolute Gasteiger partial charge is 0.372 e. The molecule has 0 bridgehead atoms. The fourth-order valence-corrected chi connectivity index (χ4v) is 5.85. The van der Waals surface area contributed by atoms with Crippen molar-refractivity contribution in [2.45, 2.75) is 43.4 Å². The van der Waals surface area contributed by atoms with Crippen molar-refractivity contribution in [1.29, 1.82) is 0 Å². The maximum atomic E-state index is 13.0. The van der Waals surface area contributed by atoms with Crippen LogP contribution >= 0.6 is 11.3 Å². The Balaban J connectivity index is 1.25. The second kappa shape index (κ2) is 10.4. The highest BCUT2D eigenvalue weighted by Crippen LogP contribution is 2.28. The Labute approximate surface area is 224 Å². The Morgan fingerprint density at radius 2 is 1.87 bits per heavy atom. The maximum Gasteiger partial charge on any atom is 0.256 e. The van der Waals surface area contributed by atoms with Crippen LogP contribution < -0.4 is 10.2 Å². The van der Waals surface area contributed by atoms with E-state index in [2.05, 4.69) is 20.2 Å². The standard InChI is InChI=1S/C25H28N6O5S2/c1-15-12-30(13-16(2)36-15)22-6-4-5-19(27-22)20-14-37-25(28-20)29-23(32)21-7-8-31(21)24(33)17-9-18(11-26-10-17)38(3,34)35/h4-6,9-11,14-16,21H,7-8,12-13H2,1-3H3,(H,28,29,32)/t15-,16+,21?. The summed E-state index contributed by atoms with van der Waals surface area (Å²) in [4.78, 5) is 42.7. The Kier molecular flexibility index (Phi) is 7.16. The molecule has 0 spiro atoms. The SMILES string of the molecule is C[C@@H]1CN(c2cccc(-c3csc(NC(=O)C4CCN4C(=O)c4cncc(S(C)(=O)=O)c4)n3)n2)C[C@H](C)O1. The number of nitrogens with one attached hydrogen (secondary N) is 1. The van der Waals surface area contributed by atoms with Gasteiger partial charge in [-0.3, -0.25) is 14.6 Å². The van der Waals surface area contributed by atoms with Crippen LogP contribution in [0.4, 0.5) is 10.9 Å². The molecule has 1 N–H and O–H groups in total. The smallest absolute Gasteiger partial charge is 0.256 e. The number of sulfone groups is 1. The van der Waals surface area contributed by atoms with E-state index in [1.807, 2.05) is 37.4 Å². The van der Waals surface area contributed by atoms with Crippen molar-refractivity contribution in [3.8, 4) is 11.4 Å². The molecule has 0 radical (unpaired) electrons. The van der Waals surface area contributed by atoms with Gasteiger partial charge in [-0.1, -0.05) is 6.07 Å². The summed E-state index contributed by atoms with van der Waals surface area (Å²) in [5, 5.41) is 5.04. The first-order valence-electron chi connectivity index (χ1n) is 12.2. The quantitative estimate of drug-likeness (QED) is 0.486. The zero-order chi connectivity index (χ0) is 27.0. The first kappa shape index (κ1) is 26.2. The van der Waals surface area contributed by atoms with Crippen LogP contribution in [0.25, 0.3) is 11.4 Å². The summed E-state index contributed by atoms with van der Waals surface area (Å²) in [5.41, 5.74) is 1.47. The number of rotatable bonds is 6. The third-order valence-corrected chi connectivity index (χ3v) is 8.28. The molecule has 38 heavy (non-hydrogen) atoms. The third-order valence-electron chi connectivity index (χ3n) is 6.45. The van der Waals surface area contributed by atoms with E-state index >= 15 is 0 Å². The van der Waals surface area contributed by atoms with Gasteiger partial charge in [-0.05, 0) is 38.5 Å². The Morgan fingerprint density at radius 3 is 2.55 bits per heavy atom. The van der Waals surface area contributed by atoms with Crippen molar-refractivity contribution < 1.29 is 22.7 Å². The number of hydrogen-bond acceptors (Lipinski definition) is 10. The highest BCUT2D eigenvalue weighted by Gasteiger charge is 2.38. The van der Waals surface area contributed by atoms with Gasteiger partial charge in [-0.15, -0.1) is 11.3 Å². The van der Waals surface area contributed by atoms with Crippen LogP contribution in [0, 0.1) is 0 Å². The van der Waals surface area contributed by atoms with E-state index in [0.29, 0.717) is 29.5 Å². The molecule has 13 heteroatoms. The molecular formula is C25H28N6O5S2. The predicted molar refractivity (Wildman–Crippen MR) is 143 cm³/mol. The fraction of sp³-hybridized carbons (Fsp3) is 0.400. The number of hydrogen-bond donors (Lipinski definition) is 1. The van der Waals surface area contributed by atoms with Crippen LogP contribution in [0.1, 0.15) is 30.6 Å². The lowest BCUT2D eigenvalue weighted by molar-refractivity contribution is -0.123. The van der Waals surface area contributed by atoms with E-state index in [9.17, 15) is 18.0 Å². The molecule has 11 nitrogen and oxygen atoms in total. The molecule has 2 amide bonds. The van der Waals surface area contributed by atoms with Gasteiger partial charge in [0.05, 0.1) is 28.4 Å². The van der Waals surface area contributed by atoms with Crippen LogP contribution in [-0.4, -0.2) is 84.2 Å². The van der Waals surface area contributed by atoms with E-state index in [1.165, 1.54) is 34.7 Å². The molecule has 3 aromatic heterocycles. The number of carbonyl (C=O) groups is 2. The normalized spacial score (nSPS) is 21.6. The summed E-state index contributed by atoms with van der Waals surface area (Å²) in [5.74, 6) is 0.0545. The zero-order valence-electron chi connectivity index (χ0n) is 21.2. The first-order valence-corrected chi connectivity index (χ1v) is 15.0. The summed E-state index contributed by atoms with van der Waals surface area (Å²) in [6, 6.07) is 6.38. The van der Waals surface area contributed by atoms with Gasteiger partial charge in [-0.25, -0.2) is 18.4 Å². The molecule has 0 aliphatic carbocycles. The molecule has 0 aromatic carbocycles. The minimum Gasteiger partial charge on any atom is -0.372 e. The molecule has 3 atom stereocenters. The maximum absolute atomic E-state index is 13.0. The minimum absolute atomic E-state index is 0.0458. The van der Waals surface area contributed by atoms with Crippen LogP contribution in [0.2, 0.25) is 0 Å². The highest BCUT2D eigenvalue weighted by atomic mass is 32.2. The summed E-state index contributed by atoms with van der Waals surface area (Å²) in [6.07, 6.45) is 4.27. The molecule has 2 aliphatic heterocycles. The van der Waals surface area contributed by atoms with Gasteiger partial charge >= 0.3 is 0 Å². The molecule has 200 valence electrons. The van der Waals surface area contributed by atoms with Crippen molar-refractivity contribution in [1.82, 2.24) is 19.9 Å². The average Bonchev–Trinajstić information content (AvgIpc) is 3.31. The number of likely N-dealkylation sites (tertiary alicyclic amines) is 1. The van der Waals surface area contributed by atoms with E-state index in [0.717, 1.165) is 25.2 Å². The van der Waals surface area contributed by atoms with E-state index in [1.54, 1.807) is 0 Å². The molecular weight excluding hydrogens is 528 g/mol. The molecule has 3 aromatic rings. The van der Waals surface area contributed by atoms with Gasteiger partial charge in [0, 0.05) is 43.7 Å². The molecule has 2 aliphatic rings. The summed E-state index contributed by atoms with van der Waals surface area (Å²) < 4.78 is 29.5. The second-order valence-electron chi connectivity index (χ2n) is 9.55. The van der Waals surface area contributed by atoms with Crippen molar-refractivity contribution >= 4 is 43.9 Å². The highest BCUT2D eigenvalue weighted by molar-refractivity contribution is 7.90. The molecule has 0 saturated carbocycles. The van der Waals surface area contributed by atoms with Crippen LogP contribution in [0.5, 0.6) is 0 Å².